The molecule has 0 atom stereocenters. The number of rotatable bonds is 1. The van der Waals surface area contributed by atoms with Crippen LogP contribution in [-0.2, 0) is 0 Å². The summed E-state index contributed by atoms with van der Waals surface area (Å²) in [5, 5.41) is 1.44. The molecule has 10 heavy (non-hydrogen) atoms. The normalized spacial score (nSPS) is 10.4. The second-order valence-electron chi connectivity index (χ2n) is 2.49. The quantitative estimate of drug-likeness (QED) is 0.540. The van der Waals surface area contributed by atoms with Crippen molar-refractivity contribution in [2.24, 2.45) is 0 Å². The fraction of sp³-hybridized carbons (Fsp3) is 0.250. The van der Waals surface area contributed by atoms with E-state index < -0.39 is 8.31 Å². The van der Waals surface area contributed by atoms with Crippen LogP contribution in [-0.4, -0.2) is 18.1 Å². The van der Waals surface area contributed by atoms with Crippen LogP contribution in [0.2, 0.25) is 6.55 Å². The van der Waals surface area contributed by atoms with E-state index in [2.05, 4.69) is 47.5 Å². The van der Waals surface area contributed by atoms with Crippen LogP contribution in [0.4, 0.5) is 0 Å². The van der Waals surface area contributed by atoms with Crippen LogP contribution in [0.15, 0.2) is 24.3 Å². The lowest BCUT2D eigenvalue weighted by Gasteiger charge is -2.01. The van der Waals surface area contributed by atoms with E-state index in [0.717, 1.165) is 0 Å². The fourth-order valence-corrected chi connectivity index (χ4v) is 1.97. The molecule has 0 N–H and O–H groups in total. The summed E-state index contributed by atoms with van der Waals surface area (Å²) in [5.41, 5.74) is 1.33. The van der Waals surface area contributed by atoms with Crippen molar-refractivity contribution >= 4 is 23.3 Å². The smallest absolute Gasteiger partial charge is 0.0644 e. The van der Waals surface area contributed by atoms with Crippen molar-refractivity contribution in [3.05, 3.63) is 29.8 Å². The molecule has 0 nitrogen and oxygen atoms in total. The predicted octanol–water partition coefficient (Wildman–Crippen LogP) is 0.992. The Bertz CT molecular complexity index is 201. The van der Waals surface area contributed by atoms with E-state index in [1.807, 2.05) is 0 Å². The van der Waals surface area contributed by atoms with Gasteiger partial charge in [0.15, 0.2) is 0 Å². The van der Waals surface area contributed by atoms with Gasteiger partial charge in [0.2, 0.25) is 0 Å². The number of hydrogen-bond acceptors (Lipinski definition) is 0. The molecular formula is C8H10Si2. The van der Waals surface area contributed by atoms with Crippen LogP contribution < -0.4 is 5.19 Å². The topological polar surface area (TPSA) is 0 Å². The largest absolute Gasteiger partial charge is 0.0696 e. The fourth-order valence-electron chi connectivity index (χ4n) is 0.804. The van der Waals surface area contributed by atoms with Crippen molar-refractivity contribution < 1.29 is 0 Å². The first-order valence-corrected chi connectivity index (χ1v) is 6.82. The zero-order chi connectivity index (χ0) is 7.56. The molecule has 0 amide bonds. The average Bonchev–Trinajstić information content (AvgIpc) is 1.88. The summed E-state index contributed by atoms with van der Waals surface area (Å²) in [6, 6.07) is 8.69. The summed E-state index contributed by atoms with van der Waals surface area (Å²) in [4.78, 5) is 0. The first-order chi connectivity index (χ1) is 4.70. The lowest BCUT2D eigenvalue weighted by molar-refractivity contribution is 1.49. The molecule has 1 rings (SSSR count). The van der Waals surface area contributed by atoms with Gasteiger partial charge >= 0.3 is 0 Å². The Kier molecular flexibility index (Phi) is 2.46. The third-order valence-electron chi connectivity index (χ3n) is 1.48. The van der Waals surface area contributed by atoms with Crippen LogP contribution in [0.1, 0.15) is 5.56 Å². The molecular weight excluding hydrogens is 152 g/mol. The van der Waals surface area contributed by atoms with Gasteiger partial charge in [-0.1, -0.05) is 41.6 Å². The van der Waals surface area contributed by atoms with Gasteiger partial charge in [-0.3, -0.25) is 0 Å². The van der Waals surface area contributed by atoms with Crippen LogP contribution in [0, 0.1) is 6.92 Å². The molecule has 0 aromatic heterocycles. The minimum absolute atomic E-state index is 0.423. The van der Waals surface area contributed by atoms with Crippen molar-refractivity contribution in [3.8, 4) is 0 Å². The predicted molar refractivity (Wildman–Crippen MR) is 48.2 cm³/mol. The molecule has 0 spiro atoms. The standard InChI is InChI=1S/C8H10Si2/c1-7-3-5-8(6-4-7)10(2)9/h3-6H,1-2H3. The van der Waals surface area contributed by atoms with E-state index in [1.165, 1.54) is 10.8 Å². The Morgan fingerprint density at radius 2 is 1.70 bits per heavy atom. The average molecular weight is 162 g/mol. The summed E-state index contributed by atoms with van der Waals surface area (Å²) < 4.78 is 0. The summed E-state index contributed by atoms with van der Waals surface area (Å²) in [6.45, 7) is 4.34. The van der Waals surface area contributed by atoms with Crippen LogP contribution in [0.25, 0.3) is 0 Å². The van der Waals surface area contributed by atoms with Gasteiger partial charge in [-0.05, 0) is 6.92 Å². The number of aryl methyl sites for hydroxylation is 1. The highest BCUT2D eigenvalue weighted by Crippen LogP contribution is 1.93. The van der Waals surface area contributed by atoms with Gasteiger partial charge in [-0.2, -0.15) is 0 Å². The molecule has 0 aliphatic heterocycles. The summed E-state index contributed by atoms with van der Waals surface area (Å²) in [5.74, 6) is 0. The van der Waals surface area contributed by atoms with Crippen molar-refractivity contribution in [1.82, 2.24) is 0 Å². The molecule has 0 bridgehead atoms. The Hall–Kier alpha value is -0.346. The van der Waals surface area contributed by atoms with E-state index in [9.17, 15) is 0 Å². The Balaban J connectivity index is 2.89. The zero-order valence-electron chi connectivity index (χ0n) is 6.31. The molecule has 1 aromatic rings. The van der Waals surface area contributed by atoms with E-state index in [-0.39, 0.29) is 0 Å². The molecule has 0 fully saturated rings. The minimum Gasteiger partial charge on any atom is -0.0696 e. The van der Waals surface area contributed by atoms with Crippen molar-refractivity contribution in [1.29, 1.82) is 0 Å². The molecule has 0 aliphatic carbocycles. The maximum Gasteiger partial charge on any atom is 0.0644 e. The van der Waals surface area contributed by atoms with Crippen molar-refractivity contribution in [2.45, 2.75) is 13.5 Å². The van der Waals surface area contributed by atoms with Gasteiger partial charge in [-0.25, -0.2) is 0 Å². The van der Waals surface area contributed by atoms with E-state index in [0.29, 0.717) is 0 Å². The first-order valence-electron chi connectivity index (χ1n) is 3.32. The summed E-state index contributed by atoms with van der Waals surface area (Å²) in [6.07, 6.45) is 0. The van der Waals surface area contributed by atoms with Crippen LogP contribution in [0.5, 0.6) is 0 Å². The highest BCUT2D eigenvalue weighted by atomic mass is 29.1. The molecule has 0 unspecified atom stereocenters. The molecule has 2 heteroatoms. The molecule has 4 radical (unpaired) electrons. The third-order valence-corrected chi connectivity index (χ3v) is 3.55. The molecule has 0 saturated carbocycles. The van der Waals surface area contributed by atoms with E-state index in [1.54, 1.807) is 0 Å². The van der Waals surface area contributed by atoms with E-state index in [4.69, 9.17) is 0 Å². The molecule has 50 valence electrons. The van der Waals surface area contributed by atoms with Crippen molar-refractivity contribution in [3.63, 3.8) is 0 Å². The second-order valence-corrected chi connectivity index (χ2v) is 6.57. The van der Waals surface area contributed by atoms with Crippen LogP contribution in [0.3, 0.4) is 0 Å². The lowest BCUT2D eigenvalue weighted by atomic mass is 10.2. The van der Waals surface area contributed by atoms with Gasteiger partial charge in [-0.15, -0.1) is 0 Å². The number of benzene rings is 1. The van der Waals surface area contributed by atoms with Gasteiger partial charge in [0, 0.05) is 9.76 Å². The van der Waals surface area contributed by atoms with Gasteiger partial charge < -0.3 is 0 Å². The Morgan fingerprint density at radius 1 is 1.20 bits per heavy atom. The summed E-state index contributed by atoms with van der Waals surface area (Å²) in [7, 11) is 3.23. The van der Waals surface area contributed by atoms with Gasteiger partial charge in [0.05, 0.1) is 8.31 Å². The Morgan fingerprint density at radius 3 is 2.10 bits per heavy atom. The lowest BCUT2D eigenvalue weighted by Crippen LogP contribution is -2.26. The van der Waals surface area contributed by atoms with E-state index >= 15 is 0 Å². The molecule has 0 saturated heterocycles. The zero-order valence-corrected chi connectivity index (χ0v) is 8.31. The monoisotopic (exact) mass is 162 g/mol. The molecule has 1 aromatic carbocycles. The highest BCUT2D eigenvalue weighted by molar-refractivity contribution is 7.10. The third kappa shape index (κ3) is 1.82. The maximum absolute atomic E-state index is 3.66. The molecule has 0 aliphatic rings. The van der Waals surface area contributed by atoms with Crippen LogP contribution >= 0.6 is 0 Å². The second kappa shape index (κ2) is 3.17. The van der Waals surface area contributed by atoms with Gasteiger partial charge in [0.25, 0.3) is 0 Å². The first kappa shape index (κ1) is 7.76. The van der Waals surface area contributed by atoms with Crippen molar-refractivity contribution in [2.75, 3.05) is 0 Å². The Labute approximate surface area is 67.1 Å². The maximum atomic E-state index is 3.66. The SMILES string of the molecule is Cc1ccc([Si](C)[Si])cc1. The minimum atomic E-state index is -0.423. The number of hydrogen-bond donors (Lipinski definition) is 0. The van der Waals surface area contributed by atoms with Gasteiger partial charge in [0.1, 0.15) is 0 Å². The molecule has 0 heterocycles. The summed E-state index contributed by atoms with van der Waals surface area (Å²) >= 11 is 0. The highest BCUT2D eigenvalue weighted by Gasteiger charge is 1.97.